The molecule has 2 atom stereocenters. The molecule has 202 valence electrons. The highest BCUT2D eigenvalue weighted by Crippen LogP contribution is 2.45. The molecule has 0 bridgehead atoms. The Morgan fingerprint density at radius 3 is 2.63 bits per heavy atom. The predicted molar refractivity (Wildman–Crippen MR) is 147 cm³/mol. The van der Waals surface area contributed by atoms with Crippen LogP contribution in [0.25, 0.3) is 9.75 Å². The number of carbonyl (C=O) groups excluding carboxylic acids is 2. The largest absolute Gasteiger partial charge is 0.350 e. The number of amides is 2. The first-order valence-corrected chi connectivity index (χ1v) is 16.0. The lowest BCUT2D eigenvalue weighted by Gasteiger charge is -2.31. The van der Waals surface area contributed by atoms with E-state index in [0.717, 1.165) is 22.6 Å². The van der Waals surface area contributed by atoms with Gasteiger partial charge >= 0.3 is 0 Å². The monoisotopic (exact) mass is 574 g/mol. The van der Waals surface area contributed by atoms with E-state index in [9.17, 15) is 18.0 Å². The van der Waals surface area contributed by atoms with Crippen LogP contribution in [0.1, 0.15) is 47.3 Å². The zero-order valence-corrected chi connectivity index (χ0v) is 23.3. The van der Waals surface area contributed by atoms with Crippen LogP contribution in [-0.2, 0) is 29.0 Å². The molecule has 2 amide bonds. The highest BCUT2D eigenvalue weighted by Gasteiger charge is 2.50. The molecule has 2 aromatic heterocycles. The van der Waals surface area contributed by atoms with Gasteiger partial charge in [-0.1, -0.05) is 24.3 Å². The molecule has 38 heavy (non-hydrogen) atoms. The molecule has 3 aromatic rings. The van der Waals surface area contributed by atoms with Gasteiger partial charge in [0.15, 0.2) is 16.1 Å². The highest BCUT2D eigenvalue weighted by atomic mass is 32.2. The van der Waals surface area contributed by atoms with Gasteiger partial charge in [-0.15, -0.1) is 22.7 Å². The molecule has 8 nitrogen and oxygen atoms in total. The Balaban J connectivity index is 1.43. The summed E-state index contributed by atoms with van der Waals surface area (Å²) < 4.78 is 32.0. The van der Waals surface area contributed by atoms with Crippen molar-refractivity contribution in [3.8, 4) is 9.75 Å². The van der Waals surface area contributed by atoms with Gasteiger partial charge in [0.2, 0.25) is 5.91 Å². The third-order valence-electron chi connectivity index (χ3n) is 7.03. The van der Waals surface area contributed by atoms with Crippen molar-refractivity contribution in [1.29, 1.82) is 0 Å². The van der Waals surface area contributed by atoms with E-state index in [1.54, 1.807) is 40.5 Å². The van der Waals surface area contributed by atoms with Crippen LogP contribution in [0, 0.1) is 0 Å². The number of thiophene rings is 2. The molecule has 0 radical (unpaired) electrons. The molecule has 2 fully saturated rings. The first-order valence-electron chi connectivity index (χ1n) is 12.6. The van der Waals surface area contributed by atoms with E-state index < -0.39 is 26.8 Å². The molecule has 2 saturated heterocycles. The number of sulfone groups is 1. The zero-order chi connectivity index (χ0) is 26.6. The summed E-state index contributed by atoms with van der Waals surface area (Å²) in [5, 5.41) is 1.97. The molecule has 1 aromatic carbocycles. The van der Waals surface area contributed by atoms with E-state index in [4.69, 9.17) is 9.57 Å². The van der Waals surface area contributed by atoms with Gasteiger partial charge in [-0.25, -0.2) is 18.7 Å². The summed E-state index contributed by atoms with van der Waals surface area (Å²) in [6.45, 7) is 0.832. The third-order valence-corrected chi connectivity index (χ3v) is 12.0. The highest BCUT2D eigenvalue weighted by molar-refractivity contribution is 7.92. The fourth-order valence-electron chi connectivity index (χ4n) is 4.90. The Morgan fingerprint density at radius 2 is 1.89 bits per heavy atom. The lowest BCUT2D eigenvalue weighted by molar-refractivity contribution is -0.200. The minimum atomic E-state index is -3.84. The summed E-state index contributed by atoms with van der Waals surface area (Å²) >= 11 is 2.96. The maximum Gasteiger partial charge on any atom is 0.253 e. The minimum absolute atomic E-state index is 0.0645. The SMILES string of the molecule is O=C(CC1(c2ccc(-c3cccs3)s2)CCN(C(=O)c2ccccc2)CCS1(=O)=O)NOC1CCCCO1. The molecule has 1 N–H and O–H groups in total. The number of ether oxygens (including phenoxy) is 1. The Bertz CT molecular complexity index is 1350. The number of hydroxylamine groups is 1. The number of hydrogen-bond donors (Lipinski definition) is 1. The van der Waals surface area contributed by atoms with Crippen LogP contribution in [0.5, 0.6) is 0 Å². The Hall–Kier alpha value is -2.57. The summed E-state index contributed by atoms with van der Waals surface area (Å²) in [6, 6.07) is 16.5. The number of benzene rings is 1. The second kappa shape index (κ2) is 11.7. The third kappa shape index (κ3) is 5.72. The van der Waals surface area contributed by atoms with Gasteiger partial charge in [-0.05, 0) is 55.0 Å². The maximum atomic E-state index is 14.0. The van der Waals surface area contributed by atoms with Crippen LogP contribution in [0.2, 0.25) is 0 Å². The van der Waals surface area contributed by atoms with Crippen molar-refractivity contribution in [2.75, 3.05) is 25.4 Å². The number of rotatable bonds is 7. The molecule has 0 saturated carbocycles. The predicted octanol–water partition coefficient (Wildman–Crippen LogP) is 4.60. The van der Waals surface area contributed by atoms with Crippen molar-refractivity contribution >= 4 is 44.3 Å². The topological polar surface area (TPSA) is 102 Å². The average Bonchev–Trinajstić information content (AvgIpc) is 3.62. The first-order chi connectivity index (χ1) is 18.4. The van der Waals surface area contributed by atoms with Crippen LogP contribution in [0.15, 0.2) is 60.0 Å². The molecular weight excluding hydrogens is 545 g/mol. The van der Waals surface area contributed by atoms with Crippen LogP contribution in [0.3, 0.4) is 0 Å². The zero-order valence-electron chi connectivity index (χ0n) is 20.8. The van der Waals surface area contributed by atoms with Crippen LogP contribution in [-0.4, -0.2) is 56.9 Å². The second-order valence-electron chi connectivity index (χ2n) is 9.48. The van der Waals surface area contributed by atoms with Crippen LogP contribution < -0.4 is 5.48 Å². The van der Waals surface area contributed by atoms with Gasteiger partial charge in [0.1, 0.15) is 4.75 Å². The molecule has 11 heteroatoms. The Labute approximate surface area is 230 Å². The number of hydrogen-bond acceptors (Lipinski definition) is 8. The minimum Gasteiger partial charge on any atom is -0.350 e. The summed E-state index contributed by atoms with van der Waals surface area (Å²) in [5.41, 5.74) is 2.95. The number of carbonyl (C=O) groups is 2. The Morgan fingerprint density at radius 1 is 1.05 bits per heavy atom. The standard InChI is InChI=1S/C27H30N2O6S3/c30-24(28-35-25-10-4-5-16-34-25)19-27(23-12-11-22(37-23)21-9-6-17-36-21)13-14-29(15-18-38(27,32)33)26(31)20-7-2-1-3-8-20/h1-3,6-9,11-12,17,25H,4-5,10,13-16,18-19H2,(H,28,30). The van der Waals surface area contributed by atoms with E-state index in [0.29, 0.717) is 23.5 Å². The van der Waals surface area contributed by atoms with Crippen LogP contribution >= 0.6 is 22.7 Å². The van der Waals surface area contributed by atoms with Gasteiger partial charge < -0.3 is 9.64 Å². The van der Waals surface area contributed by atoms with Gasteiger partial charge in [-0.2, -0.15) is 0 Å². The van der Waals surface area contributed by atoms with Gasteiger partial charge in [0, 0.05) is 46.3 Å². The molecule has 2 aliphatic heterocycles. The van der Waals surface area contributed by atoms with Crippen molar-refractivity contribution in [3.05, 3.63) is 70.4 Å². The van der Waals surface area contributed by atoms with E-state index in [-0.39, 0.29) is 37.6 Å². The first kappa shape index (κ1) is 27.0. The van der Waals surface area contributed by atoms with Crippen molar-refractivity contribution in [2.45, 2.75) is 43.1 Å². The summed E-state index contributed by atoms with van der Waals surface area (Å²) in [4.78, 5) is 36.0. The quantitative estimate of drug-likeness (QED) is 0.414. The van der Waals surface area contributed by atoms with Crippen molar-refractivity contribution in [3.63, 3.8) is 0 Å². The van der Waals surface area contributed by atoms with E-state index in [2.05, 4.69) is 5.48 Å². The average molecular weight is 575 g/mol. The van der Waals surface area contributed by atoms with Crippen molar-refractivity contribution in [1.82, 2.24) is 10.4 Å². The maximum absolute atomic E-state index is 14.0. The Kier molecular flexibility index (Phi) is 8.29. The van der Waals surface area contributed by atoms with E-state index >= 15 is 0 Å². The molecule has 4 heterocycles. The van der Waals surface area contributed by atoms with E-state index in [1.807, 2.05) is 35.7 Å². The van der Waals surface area contributed by atoms with Crippen molar-refractivity contribution < 1.29 is 27.6 Å². The molecular formula is C27H30N2O6S3. The van der Waals surface area contributed by atoms with Crippen molar-refractivity contribution in [2.24, 2.45) is 0 Å². The normalized spacial score (nSPS) is 23.5. The lowest BCUT2D eigenvalue weighted by Crippen LogP contribution is -2.43. The fourth-order valence-corrected chi connectivity index (χ4v) is 9.34. The molecule has 0 aliphatic carbocycles. The summed E-state index contributed by atoms with van der Waals surface area (Å²) in [6.07, 6.45) is 1.80. The second-order valence-corrected chi connectivity index (χ2v) is 13.9. The van der Waals surface area contributed by atoms with Gasteiger partial charge in [0.25, 0.3) is 5.91 Å². The van der Waals surface area contributed by atoms with Crippen LogP contribution in [0.4, 0.5) is 0 Å². The molecule has 2 aliphatic rings. The number of nitrogens with zero attached hydrogens (tertiary/aromatic N) is 1. The fraction of sp³-hybridized carbons (Fsp3) is 0.407. The van der Waals surface area contributed by atoms with E-state index in [1.165, 1.54) is 11.3 Å². The smallest absolute Gasteiger partial charge is 0.253 e. The molecule has 2 unspecified atom stereocenters. The summed E-state index contributed by atoms with van der Waals surface area (Å²) in [7, 11) is -3.84. The van der Waals surface area contributed by atoms with Gasteiger partial charge in [-0.3, -0.25) is 9.59 Å². The lowest BCUT2D eigenvalue weighted by atomic mass is 9.97. The molecule has 5 rings (SSSR count). The van der Waals surface area contributed by atoms with Gasteiger partial charge in [0.05, 0.1) is 12.2 Å². The molecule has 0 spiro atoms. The summed E-state index contributed by atoms with van der Waals surface area (Å²) in [5.74, 6) is -0.988. The number of nitrogens with one attached hydrogen (secondary N) is 1.